The molecule has 1 N–H and O–H groups in total. The number of hydrogen-bond acceptors (Lipinski definition) is 5. The summed E-state index contributed by atoms with van der Waals surface area (Å²) in [6.45, 7) is 8.59. The van der Waals surface area contributed by atoms with Crippen molar-refractivity contribution in [1.29, 1.82) is 0 Å². The summed E-state index contributed by atoms with van der Waals surface area (Å²) in [4.78, 5) is 0. The second-order valence-electron chi connectivity index (χ2n) is 5.29. The quantitative estimate of drug-likeness (QED) is 0.836. The van der Waals surface area contributed by atoms with Crippen LogP contribution < -0.4 is 10.1 Å². The van der Waals surface area contributed by atoms with E-state index < -0.39 is 0 Å². The second kappa shape index (κ2) is 6.71. The van der Waals surface area contributed by atoms with Crippen LogP contribution >= 0.6 is 0 Å². The molecule has 0 unspecified atom stereocenters. The summed E-state index contributed by atoms with van der Waals surface area (Å²) in [5.74, 6) is 2.10. The monoisotopic (exact) mass is 292 g/mol. The van der Waals surface area contributed by atoms with Crippen LogP contribution in [0.1, 0.15) is 43.8 Å². The highest BCUT2D eigenvalue weighted by molar-refractivity contribution is 5.33. The topological polar surface area (TPSA) is 69.8 Å². The summed E-state index contributed by atoms with van der Waals surface area (Å²) >= 11 is 0. The lowest BCUT2D eigenvalue weighted by molar-refractivity contribution is 0.367. The van der Waals surface area contributed by atoms with Crippen LogP contribution in [-0.2, 0) is 26.7 Å². The Morgan fingerprint density at radius 2 is 2.10 bits per heavy atom. The van der Waals surface area contributed by atoms with Gasteiger partial charge in [0.1, 0.15) is 12.2 Å². The minimum Gasteiger partial charge on any atom is -0.481 e. The molecule has 0 radical (unpaired) electrons. The molecule has 2 aromatic heterocycles. The number of nitrogens with one attached hydrogen (secondary N) is 1. The van der Waals surface area contributed by atoms with Crippen molar-refractivity contribution in [3.63, 3.8) is 0 Å². The number of ether oxygens (including phenoxy) is 1. The van der Waals surface area contributed by atoms with E-state index in [2.05, 4.69) is 41.4 Å². The van der Waals surface area contributed by atoms with Gasteiger partial charge in [0.15, 0.2) is 0 Å². The van der Waals surface area contributed by atoms with Crippen molar-refractivity contribution in [3.8, 4) is 5.88 Å². The molecule has 0 aliphatic carbocycles. The zero-order chi connectivity index (χ0) is 15.4. The van der Waals surface area contributed by atoms with Crippen LogP contribution in [0.4, 0.5) is 0 Å². The minimum atomic E-state index is 0.358. The molecule has 0 fully saturated rings. The van der Waals surface area contributed by atoms with Gasteiger partial charge in [0.25, 0.3) is 0 Å². The van der Waals surface area contributed by atoms with Gasteiger partial charge in [-0.2, -0.15) is 5.10 Å². The Kier molecular flexibility index (Phi) is 4.95. The van der Waals surface area contributed by atoms with E-state index in [1.807, 2.05) is 11.6 Å². The zero-order valence-corrected chi connectivity index (χ0v) is 13.4. The Labute approximate surface area is 125 Å². The molecule has 2 aromatic rings. The van der Waals surface area contributed by atoms with Gasteiger partial charge in [-0.05, 0) is 12.8 Å². The van der Waals surface area contributed by atoms with Crippen molar-refractivity contribution in [2.75, 3.05) is 7.11 Å². The van der Waals surface area contributed by atoms with E-state index in [1.165, 1.54) is 0 Å². The van der Waals surface area contributed by atoms with Crippen LogP contribution in [0, 0.1) is 0 Å². The lowest BCUT2D eigenvalue weighted by Crippen LogP contribution is -2.17. The molecule has 2 rings (SSSR count). The maximum atomic E-state index is 5.47. The van der Waals surface area contributed by atoms with Gasteiger partial charge in [-0.15, -0.1) is 10.2 Å². The average molecular weight is 292 g/mol. The molecular weight excluding hydrogens is 268 g/mol. The molecule has 0 saturated carbocycles. The molecular formula is C14H24N6O. The van der Waals surface area contributed by atoms with Crippen molar-refractivity contribution >= 4 is 0 Å². The van der Waals surface area contributed by atoms with Crippen LogP contribution in [-0.4, -0.2) is 31.7 Å². The molecule has 0 bridgehead atoms. The van der Waals surface area contributed by atoms with E-state index in [1.54, 1.807) is 18.1 Å². The van der Waals surface area contributed by atoms with Gasteiger partial charge in [0.05, 0.1) is 24.9 Å². The van der Waals surface area contributed by atoms with Gasteiger partial charge in [-0.3, -0.25) is 0 Å². The van der Waals surface area contributed by atoms with Gasteiger partial charge < -0.3 is 14.6 Å². The number of methoxy groups -OCH3 is 1. The maximum Gasteiger partial charge on any atom is 0.216 e. The van der Waals surface area contributed by atoms with Crippen LogP contribution in [0.3, 0.4) is 0 Å². The normalized spacial score (nSPS) is 11.3. The first-order valence-corrected chi connectivity index (χ1v) is 7.25. The van der Waals surface area contributed by atoms with E-state index in [0.717, 1.165) is 29.5 Å². The summed E-state index contributed by atoms with van der Waals surface area (Å²) in [5, 5.41) is 16.0. The highest BCUT2D eigenvalue weighted by Gasteiger charge is 2.18. The third-order valence-electron chi connectivity index (χ3n) is 3.48. The molecule has 0 aliphatic rings. The molecule has 0 aromatic carbocycles. The molecule has 21 heavy (non-hydrogen) atoms. The Bertz CT molecular complexity index is 586. The smallest absolute Gasteiger partial charge is 0.216 e. The third kappa shape index (κ3) is 3.24. The summed E-state index contributed by atoms with van der Waals surface area (Å²) in [5.41, 5.74) is 2.18. The maximum absolute atomic E-state index is 5.47. The summed E-state index contributed by atoms with van der Waals surface area (Å²) in [7, 11) is 3.58. The fraction of sp³-hybridized carbons (Fsp3) is 0.643. The van der Waals surface area contributed by atoms with Gasteiger partial charge in [0, 0.05) is 20.1 Å². The molecule has 116 valence electrons. The fourth-order valence-corrected chi connectivity index (χ4v) is 2.44. The molecule has 7 nitrogen and oxygen atoms in total. The highest BCUT2D eigenvalue weighted by Crippen LogP contribution is 2.26. The number of nitrogens with zero attached hydrogens (tertiary/aromatic N) is 5. The van der Waals surface area contributed by atoms with Crippen LogP contribution in [0.5, 0.6) is 5.88 Å². The van der Waals surface area contributed by atoms with Gasteiger partial charge in [0.2, 0.25) is 5.88 Å². The van der Waals surface area contributed by atoms with Gasteiger partial charge in [-0.1, -0.05) is 13.8 Å². The van der Waals surface area contributed by atoms with Crippen molar-refractivity contribution in [1.82, 2.24) is 29.9 Å². The largest absolute Gasteiger partial charge is 0.481 e. The molecule has 0 atom stereocenters. The Hall–Kier alpha value is -1.89. The molecule has 2 heterocycles. The van der Waals surface area contributed by atoms with E-state index >= 15 is 0 Å². The standard InChI is InChI=1S/C14H24N6O/c1-6-20-9-16-17-12(20)8-15-7-11-13(10(2)3)18-19(4)14(11)21-5/h9-10,15H,6-8H2,1-5H3. The number of aromatic nitrogens is 5. The molecule has 7 heteroatoms. The van der Waals surface area contributed by atoms with E-state index in [4.69, 9.17) is 4.74 Å². The van der Waals surface area contributed by atoms with Crippen LogP contribution in [0.2, 0.25) is 0 Å². The van der Waals surface area contributed by atoms with Gasteiger partial charge >= 0.3 is 0 Å². The molecule has 0 aliphatic heterocycles. The van der Waals surface area contributed by atoms with E-state index in [0.29, 0.717) is 19.0 Å². The highest BCUT2D eigenvalue weighted by atomic mass is 16.5. The zero-order valence-electron chi connectivity index (χ0n) is 13.4. The summed E-state index contributed by atoms with van der Waals surface area (Å²) in [6, 6.07) is 0. The Morgan fingerprint density at radius 3 is 2.71 bits per heavy atom. The summed E-state index contributed by atoms with van der Waals surface area (Å²) < 4.78 is 9.28. The van der Waals surface area contributed by atoms with E-state index in [9.17, 15) is 0 Å². The number of aryl methyl sites for hydroxylation is 2. The average Bonchev–Trinajstić information content (AvgIpc) is 3.03. The van der Waals surface area contributed by atoms with E-state index in [-0.39, 0.29) is 0 Å². The lowest BCUT2D eigenvalue weighted by Gasteiger charge is -2.09. The van der Waals surface area contributed by atoms with Gasteiger partial charge in [-0.25, -0.2) is 4.68 Å². The van der Waals surface area contributed by atoms with Crippen molar-refractivity contribution in [2.45, 2.75) is 46.3 Å². The minimum absolute atomic E-state index is 0.358. The Morgan fingerprint density at radius 1 is 1.33 bits per heavy atom. The molecule has 0 amide bonds. The van der Waals surface area contributed by atoms with Crippen molar-refractivity contribution in [3.05, 3.63) is 23.4 Å². The molecule has 0 spiro atoms. The predicted molar refractivity (Wildman–Crippen MR) is 80.1 cm³/mol. The summed E-state index contributed by atoms with van der Waals surface area (Å²) in [6.07, 6.45) is 1.75. The van der Waals surface area contributed by atoms with Crippen LogP contribution in [0.25, 0.3) is 0 Å². The Balaban J connectivity index is 2.09. The van der Waals surface area contributed by atoms with Crippen molar-refractivity contribution in [2.24, 2.45) is 7.05 Å². The number of rotatable bonds is 7. The third-order valence-corrected chi connectivity index (χ3v) is 3.48. The molecule has 0 saturated heterocycles. The predicted octanol–water partition coefficient (Wildman–Crippen LogP) is 1.45. The van der Waals surface area contributed by atoms with Crippen molar-refractivity contribution < 1.29 is 4.74 Å². The fourth-order valence-electron chi connectivity index (χ4n) is 2.44. The SMILES string of the molecule is CCn1cnnc1CNCc1c(C(C)C)nn(C)c1OC. The van der Waals surface area contributed by atoms with Crippen LogP contribution in [0.15, 0.2) is 6.33 Å². The lowest BCUT2D eigenvalue weighted by atomic mass is 10.1. The first kappa shape index (κ1) is 15.5. The first-order valence-electron chi connectivity index (χ1n) is 7.25. The second-order valence-corrected chi connectivity index (χ2v) is 5.29. The first-order chi connectivity index (χ1) is 10.1. The number of hydrogen-bond donors (Lipinski definition) is 1.